The second kappa shape index (κ2) is 7.44. The smallest absolute Gasteiger partial charge is 0.262 e. The molecule has 0 unspecified atom stereocenters. The van der Waals surface area contributed by atoms with Crippen molar-refractivity contribution in [3.05, 3.63) is 53.1 Å². The molecule has 8 heteroatoms. The SMILES string of the molecule is COc1ccc(NS(=O)(=O)c2cc(F)cc(F)c2)c2c1C[C@@H](N(C)C)CC2. The molecule has 0 heterocycles. The number of rotatable bonds is 5. The van der Waals surface area contributed by atoms with Crippen LogP contribution in [0.3, 0.4) is 0 Å². The molecule has 0 aromatic heterocycles. The monoisotopic (exact) mass is 396 g/mol. The topological polar surface area (TPSA) is 58.6 Å². The molecule has 1 aliphatic rings. The molecule has 0 spiro atoms. The summed E-state index contributed by atoms with van der Waals surface area (Å²) in [5.41, 5.74) is 2.22. The van der Waals surface area contributed by atoms with E-state index in [1.807, 2.05) is 14.1 Å². The van der Waals surface area contributed by atoms with E-state index >= 15 is 0 Å². The highest BCUT2D eigenvalue weighted by molar-refractivity contribution is 7.92. The van der Waals surface area contributed by atoms with Crippen LogP contribution in [-0.2, 0) is 22.9 Å². The average molecular weight is 396 g/mol. The molecule has 0 radical (unpaired) electrons. The number of halogens is 2. The Balaban J connectivity index is 2.00. The van der Waals surface area contributed by atoms with Gasteiger partial charge in [0.1, 0.15) is 17.4 Å². The van der Waals surface area contributed by atoms with Crippen molar-refractivity contribution in [1.29, 1.82) is 0 Å². The van der Waals surface area contributed by atoms with Crippen LogP contribution in [0.1, 0.15) is 17.5 Å². The van der Waals surface area contributed by atoms with Crippen molar-refractivity contribution in [2.75, 3.05) is 25.9 Å². The molecule has 5 nitrogen and oxygen atoms in total. The zero-order valence-electron chi connectivity index (χ0n) is 15.4. The normalized spacial score (nSPS) is 16.9. The summed E-state index contributed by atoms with van der Waals surface area (Å²) in [7, 11) is 1.47. The number of ether oxygens (including phenoxy) is 1. The van der Waals surface area contributed by atoms with Gasteiger partial charge < -0.3 is 9.64 Å². The lowest BCUT2D eigenvalue weighted by molar-refractivity contribution is 0.265. The maximum Gasteiger partial charge on any atom is 0.262 e. The second-order valence-corrected chi connectivity index (χ2v) is 8.53. The van der Waals surface area contributed by atoms with Crippen molar-refractivity contribution in [3.8, 4) is 5.75 Å². The first-order valence-electron chi connectivity index (χ1n) is 8.55. The van der Waals surface area contributed by atoms with Crippen molar-refractivity contribution in [3.63, 3.8) is 0 Å². The van der Waals surface area contributed by atoms with Crippen LogP contribution in [0.5, 0.6) is 5.75 Å². The molecule has 2 aromatic rings. The third-order valence-electron chi connectivity index (χ3n) is 4.90. The lowest BCUT2D eigenvalue weighted by atomic mass is 9.86. The minimum absolute atomic E-state index is 0.329. The number of fused-ring (bicyclic) bond motifs is 1. The van der Waals surface area contributed by atoms with E-state index in [1.165, 1.54) is 0 Å². The van der Waals surface area contributed by atoms with E-state index < -0.39 is 26.6 Å². The highest BCUT2D eigenvalue weighted by Gasteiger charge is 2.27. The molecule has 0 saturated carbocycles. The summed E-state index contributed by atoms with van der Waals surface area (Å²) in [6, 6.07) is 5.89. The largest absolute Gasteiger partial charge is 0.496 e. The Morgan fingerprint density at radius 3 is 2.37 bits per heavy atom. The van der Waals surface area contributed by atoms with Gasteiger partial charge in [0.15, 0.2) is 0 Å². The van der Waals surface area contributed by atoms with Gasteiger partial charge in [0.25, 0.3) is 10.0 Å². The van der Waals surface area contributed by atoms with Gasteiger partial charge in [-0.1, -0.05) is 0 Å². The number of nitrogens with one attached hydrogen (secondary N) is 1. The van der Waals surface area contributed by atoms with Crippen LogP contribution < -0.4 is 9.46 Å². The number of benzene rings is 2. The van der Waals surface area contributed by atoms with Gasteiger partial charge in [-0.2, -0.15) is 0 Å². The highest BCUT2D eigenvalue weighted by atomic mass is 32.2. The Morgan fingerprint density at radius 1 is 1.11 bits per heavy atom. The Bertz CT molecular complexity index is 941. The first kappa shape index (κ1) is 19.6. The molecule has 0 aliphatic heterocycles. The van der Waals surface area contributed by atoms with Gasteiger partial charge in [0.05, 0.1) is 17.7 Å². The Morgan fingerprint density at radius 2 is 1.78 bits per heavy atom. The average Bonchev–Trinajstić information content (AvgIpc) is 2.60. The van der Waals surface area contributed by atoms with Gasteiger partial charge in [0.2, 0.25) is 0 Å². The second-order valence-electron chi connectivity index (χ2n) is 6.84. The van der Waals surface area contributed by atoms with E-state index in [0.29, 0.717) is 30.0 Å². The highest BCUT2D eigenvalue weighted by Crippen LogP contribution is 2.36. The molecule has 27 heavy (non-hydrogen) atoms. The number of methoxy groups -OCH3 is 1. The molecule has 0 saturated heterocycles. The number of hydrogen-bond donors (Lipinski definition) is 1. The first-order valence-corrected chi connectivity index (χ1v) is 10.0. The summed E-state index contributed by atoms with van der Waals surface area (Å²) in [4.78, 5) is 1.68. The maximum atomic E-state index is 13.4. The minimum atomic E-state index is -4.12. The van der Waals surface area contributed by atoms with E-state index in [2.05, 4.69) is 9.62 Å². The van der Waals surface area contributed by atoms with E-state index in [4.69, 9.17) is 4.74 Å². The quantitative estimate of drug-likeness (QED) is 0.843. The molecule has 1 aliphatic carbocycles. The number of nitrogens with zero attached hydrogens (tertiary/aromatic N) is 1. The molecular formula is C19H22F2N2O3S. The fourth-order valence-electron chi connectivity index (χ4n) is 3.44. The zero-order chi connectivity index (χ0) is 19.8. The third-order valence-corrected chi connectivity index (χ3v) is 6.24. The molecule has 1 atom stereocenters. The predicted octanol–water partition coefficient (Wildman–Crippen LogP) is 3.19. The van der Waals surface area contributed by atoms with E-state index in [-0.39, 0.29) is 0 Å². The minimum Gasteiger partial charge on any atom is -0.496 e. The summed E-state index contributed by atoms with van der Waals surface area (Å²) in [6.45, 7) is 0. The first-order chi connectivity index (χ1) is 12.7. The molecule has 0 amide bonds. The summed E-state index contributed by atoms with van der Waals surface area (Å²) >= 11 is 0. The van der Waals surface area contributed by atoms with Crippen molar-refractivity contribution in [1.82, 2.24) is 4.90 Å². The van der Waals surface area contributed by atoms with Crippen LogP contribution in [0.15, 0.2) is 35.2 Å². The lowest BCUT2D eigenvalue weighted by Gasteiger charge is -2.32. The fraction of sp³-hybridized carbons (Fsp3) is 0.368. The van der Waals surface area contributed by atoms with Crippen LogP contribution in [0.2, 0.25) is 0 Å². The predicted molar refractivity (Wildman–Crippen MR) is 99.7 cm³/mol. The maximum absolute atomic E-state index is 13.4. The van der Waals surface area contributed by atoms with Crippen LogP contribution in [0.25, 0.3) is 0 Å². The molecule has 2 aromatic carbocycles. The van der Waals surface area contributed by atoms with Crippen molar-refractivity contribution in [2.24, 2.45) is 0 Å². The van der Waals surface area contributed by atoms with Crippen LogP contribution >= 0.6 is 0 Å². The summed E-state index contributed by atoms with van der Waals surface area (Å²) in [5.74, 6) is -1.18. The number of anilines is 1. The third kappa shape index (κ3) is 4.06. The summed E-state index contributed by atoms with van der Waals surface area (Å²) in [6.07, 6.45) is 2.27. The van der Waals surface area contributed by atoms with Crippen LogP contribution in [0.4, 0.5) is 14.5 Å². The molecule has 1 N–H and O–H groups in total. The Hall–Kier alpha value is -2.19. The van der Waals surface area contributed by atoms with Crippen molar-refractivity contribution < 1.29 is 21.9 Å². The van der Waals surface area contributed by atoms with Gasteiger partial charge >= 0.3 is 0 Å². The van der Waals surface area contributed by atoms with Crippen molar-refractivity contribution in [2.45, 2.75) is 30.2 Å². The van der Waals surface area contributed by atoms with Crippen LogP contribution in [-0.4, -0.2) is 40.6 Å². The molecule has 0 bridgehead atoms. The Labute approximate surface area is 158 Å². The number of sulfonamides is 1. The summed E-state index contributed by atoms with van der Waals surface area (Å²) < 4.78 is 60.1. The number of hydrogen-bond acceptors (Lipinski definition) is 4. The molecule has 146 valence electrons. The summed E-state index contributed by atoms with van der Waals surface area (Å²) in [5, 5.41) is 0. The lowest BCUT2D eigenvalue weighted by Crippen LogP contribution is -2.34. The molecule has 0 fully saturated rings. The van der Waals surface area contributed by atoms with Gasteiger partial charge in [-0.25, -0.2) is 17.2 Å². The van der Waals surface area contributed by atoms with Gasteiger partial charge in [-0.15, -0.1) is 0 Å². The van der Waals surface area contributed by atoms with Gasteiger partial charge in [-0.05, 0) is 63.2 Å². The standard InChI is InChI=1S/C19H22F2N2O3S/c1-23(2)14-4-5-16-17(11-14)19(26-3)7-6-18(16)22-27(24,25)15-9-12(20)8-13(21)10-15/h6-10,14,22H,4-5,11H2,1-3H3/t14-/m0/s1. The molecular weight excluding hydrogens is 374 g/mol. The fourth-order valence-corrected chi connectivity index (χ4v) is 4.58. The van der Waals surface area contributed by atoms with E-state index in [9.17, 15) is 17.2 Å². The van der Waals surface area contributed by atoms with Gasteiger partial charge in [0, 0.05) is 17.7 Å². The molecule has 3 rings (SSSR count). The van der Waals surface area contributed by atoms with E-state index in [1.54, 1.807) is 19.2 Å². The number of likely N-dealkylation sites (N-methyl/N-ethyl adjacent to an activating group) is 1. The van der Waals surface area contributed by atoms with Crippen LogP contribution in [0, 0.1) is 11.6 Å². The van der Waals surface area contributed by atoms with E-state index in [0.717, 1.165) is 36.1 Å². The van der Waals surface area contributed by atoms with Gasteiger partial charge in [-0.3, -0.25) is 4.72 Å². The Kier molecular flexibility index (Phi) is 5.39. The van der Waals surface area contributed by atoms with Crippen molar-refractivity contribution >= 4 is 15.7 Å². The zero-order valence-corrected chi connectivity index (χ0v) is 16.2.